The van der Waals surface area contributed by atoms with Gasteiger partial charge in [-0.15, -0.1) is 0 Å². The molecule has 1 unspecified atom stereocenters. The second-order valence-electron chi connectivity index (χ2n) is 7.38. The molecule has 0 amide bonds. The van der Waals surface area contributed by atoms with Gasteiger partial charge in [0.25, 0.3) is 0 Å². The van der Waals surface area contributed by atoms with Crippen molar-refractivity contribution in [2.24, 2.45) is 5.41 Å². The molecule has 2 aromatic carbocycles. The number of fused-ring (bicyclic) bond motifs is 2. The molecule has 0 heterocycles. The summed E-state index contributed by atoms with van der Waals surface area (Å²) in [6.07, 6.45) is 10.4. The average molecular weight is 302 g/mol. The van der Waals surface area contributed by atoms with Gasteiger partial charge in [-0.05, 0) is 70.9 Å². The Balaban J connectivity index is 2.07. The zero-order valence-corrected chi connectivity index (χ0v) is 14.6. The van der Waals surface area contributed by atoms with Crippen LogP contribution in [0.15, 0.2) is 42.0 Å². The van der Waals surface area contributed by atoms with Crippen molar-refractivity contribution < 1.29 is 0 Å². The highest BCUT2D eigenvalue weighted by Gasteiger charge is 2.26. The van der Waals surface area contributed by atoms with Crippen LogP contribution in [-0.2, 0) is 6.42 Å². The van der Waals surface area contributed by atoms with Crippen LogP contribution < -0.4 is 10.4 Å². The smallest absolute Gasteiger partial charge is 0.00995 e. The third kappa shape index (κ3) is 2.91. The third-order valence-corrected chi connectivity index (χ3v) is 5.09. The van der Waals surface area contributed by atoms with Crippen molar-refractivity contribution in [1.82, 2.24) is 0 Å². The molecule has 1 aliphatic carbocycles. The molecule has 2 aromatic rings. The fourth-order valence-electron chi connectivity index (χ4n) is 3.67. The molecule has 23 heavy (non-hydrogen) atoms. The lowest BCUT2D eigenvalue weighted by molar-refractivity contribution is 0.389. The monoisotopic (exact) mass is 302 g/mol. The summed E-state index contributed by atoms with van der Waals surface area (Å²) in [5, 5.41) is 4.80. The van der Waals surface area contributed by atoms with E-state index in [0.717, 1.165) is 18.1 Å². The second-order valence-corrected chi connectivity index (χ2v) is 7.38. The number of hydrogen-bond acceptors (Lipinski definition) is 0. The second kappa shape index (κ2) is 5.85. The molecule has 0 nitrogen and oxygen atoms in total. The highest BCUT2D eigenvalue weighted by atomic mass is 14.3. The van der Waals surface area contributed by atoms with Crippen molar-refractivity contribution in [1.29, 1.82) is 0 Å². The first kappa shape index (κ1) is 15.8. The molecule has 3 rings (SSSR count). The van der Waals surface area contributed by atoms with E-state index in [1.807, 2.05) is 0 Å². The first-order chi connectivity index (χ1) is 10.9. The van der Waals surface area contributed by atoms with Crippen LogP contribution in [0.2, 0.25) is 0 Å². The van der Waals surface area contributed by atoms with Crippen LogP contribution in [0.1, 0.15) is 44.7 Å². The summed E-state index contributed by atoms with van der Waals surface area (Å²) in [6.45, 7) is 15.5. The van der Waals surface area contributed by atoms with Crippen molar-refractivity contribution >= 4 is 30.0 Å². The molecule has 0 aromatic heterocycles. The largest absolute Gasteiger partial charge is 0.0908 e. The Morgan fingerprint density at radius 2 is 1.78 bits per heavy atom. The minimum absolute atomic E-state index is 0.209. The fourth-order valence-corrected chi connectivity index (χ4v) is 3.67. The summed E-state index contributed by atoms with van der Waals surface area (Å²) in [6, 6.07) is 8.50. The van der Waals surface area contributed by atoms with Gasteiger partial charge in [0.05, 0.1) is 0 Å². The maximum Gasteiger partial charge on any atom is -0.00995 e. The SMILES string of the molecule is C=c1c2c(c(=C)c3ccccc13)CC(C)(CCC=C(C)C)C=C2. The van der Waals surface area contributed by atoms with Crippen molar-refractivity contribution in [3.63, 3.8) is 0 Å². The van der Waals surface area contributed by atoms with E-state index in [2.05, 4.69) is 76.4 Å². The van der Waals surface area contributed by atoms with Crippen LogP contribution in [0.4, 0.5) is 0 Å². The number of benzene rings is 2. The Hall–Kier alpha value is -2.08. The standard InChI is InChI=1S/C23H26/c1-16(2)9-8-13-23(5)14-12-21-17(3)19-10-6-7-11-20(19)18(4)22(21)15-23/h6-7,9-12,14H,3-4,8,13,15H2,1-2,5H3. The van der Waals surface area contributed by atoms with E-state index < -0.39 is 0 Å². The lowest BCUT2D eigenvalue weighted by Crippen LogP contribution is -2.29. The summed E-state index contributed by atoms with van der Waals surface area (Å²) < 4.78 is 0. The molecular formula is C23H26. The predicted molar refractivity (Wildman–Crippen MR) is 104 cm³/mol. The summed E-state index contributed by atoms with van der Waals surface area (Å²) in [5.41, 5.74) is 4.28. The minimum atomic E-state index is 0.209. The molecule has 118 valence electrons. The van der Waals surface area contributed by atoms with Crippen molar-refractivity contribution in [3.05, 3.63) is 63.6 Å². The maximum absolute atomic E-state index is 4.40. The molecule has 0 saturated carbocycles. The van der Waals surface area contributed by atoms with Gasteiger partial charge in [-0.1, -0.05) is 68.1 Å². The summed E-state index contributed by atoms with van der Waals surface area (Å²) in [4.78, 5) is 0. The molecule has 0 N–H and O–H groups in total. The van der Waals surface area contributed by atoms with Crippen molar-refractivity contribution in [3.8, 4) is 0 Å². The van der Waals surface area contributed by atoms with E-state index in [1.54, 1.807) is 0 Å². The molecular weight excluding hydrogens is 276 g/mol. The van der Waals surface area contributed by atoms with Gasteiger partial charge in [0, 0.05) is 0 Å². The lowest BCUT2D eigenvalue weighted by Gasteiger charge is -2.31. The summed E-state index contributed by atoms with van der Waals surface area (Å²) in [7, 11) is 0. The van der Waals surface area contributed by atoms with Crippen molar-refractivity contribution in [2.45, 2.75) is 40.0 Å². The van der Waals surface area contributed by atoms with Gasteiger partial charge in [0.15, 0.2) is 0 Å². The average Bonchev–Trinajstić information content (AvgIpc) is 2.52. The maximum atomic E-state index is 4.40. The molecule has 1 atom stereocenters. The minimum Gasteiger partial charge on any atom is -0.0908 e. The van der Waals surface area contributed by atoms with E-state index in [-0.39, 0.29) is 5.41 Å². The molecule has 0 fully saturated rings. The van der Waals surface area contributed by atoms with Gasteiger partial charge in [-0.2, -0.15) is 0 Å². The van der Waals surface area contributed by atoms with Gasteiger partial charge in [-0.3, -0.25) is 0 Å². The van der Waals surface area contributed by atoms with E-state index in [4.69, 9.17) is 0 Å². The Morgan fingerprint density at radius 3 is 2.43 bits per heavy atom. The van der Waals surface area contributed by atoms with Gasteiger partial charge in [0.2, 0.25) is 0 Å². The van der Waals surface area contributed by atoms with Crippen LogP contribution in [0, 0.1) is 5.41 Å². The van der Waals surface area contributed by atoms with Gasteiger partial charge in [-0.25, -0.2) is 0 Å². The van der Waals surface area contributed by atoms with Gasteiger partial charge in [0.1, 0.15) is 0 Å². The molecule has 0 aliphatic heterocycles. The Morgan fingerprint density at radius 1 is 1.13 bits per heavy atom. The number of rotatable bonds is 3. The highest BCUT2D eigenvalue weighted by Crippen LogP contribution is 2.35. The zero-order valence-electron chi connectivity index (χ0n) is 14.6. The molecule has 0 spiro atoms. The number of hydrogen-bond donors (Lipinski definition) is 0. The van der Waals surface area contributed by atoms with E-state index in [1.165, 1.54) is 39.1 Å². The normalized spacial score (nSPS) is 19.6. The topological polar surface area (TPSA) is 0 Å². The third-order valence-electron chi connectivity index (χ3n) is 5.09. The van der Waals surface area contributed by atoms with Gasteiger partial charge >= 0.3 is 0 Å². The Bertz CT molecular complexity index is 907. The van der Waals surface area contributed by atoms with E-state index in [9.17, 15) is 0 Å². The van der Waals surface area contributed by atoms with Crippen LogP contribution in [0.25, 0.3) is 30.0 Å². The first-order valence-corrected chi connectivity index (χ1v) is 8.45. The van der Waals surface area contributed by atoms with Crippen LogP contribution in [0.5, 0.6) is 0 Å². The predicted octanol–water partition coefficient (Wildman–Crippen LogP) is 4.98. The molecule has 0 bridgehead atoms. The quantitative estimate of drug-likeness (QED) is 0.701. The molecule has 1 aliphatic rings. The molecule has 0 heteroatoms. The van der Waals surface area contributed by atoms with E-state index in [0.29, 0.717) is 0 Å². The number of allylic oxidation sites excluding steroid dienone is 3. The summed E-state index contributed by atoms with van der Waals surface area (Å²) >= 11 is 0. The first-order valence-electron chi connectivity index (χ1n) is 8.45. The molecule has 0 saturated heterocycles. The highest BCUT2D eigenvalue weighted by molar-refractivity contribution is 5.88. The van der Waals surface area contributed by atoms with Crippen LogP contribution in [0.3, 0.4) is 0 Å². The molecule has 0 radical (unpaired) electrons. The Kier molecular flexibility index (Phi) is 4.02. The van der Waals surface area contributed by atoms with Gasteiger partial charge < -0.3 is 0 Å². The van der Waals surface area contributed by atoms with Crippen LogP contribution >= 0.6 is 0 Å². The van der Waals surface area contributed by atoms with Crippen molar-refractivity contribution in [2.75, 3.05) is 0 Å². The zero-order chi connectivity index (χ0) is 16.6. The lowest BCUT2D eigenvalue weighted by atomic mass is 9.73. The Labute approximate surface area is 139 Å². The fraction of sp³-hybridized carbons (Fsp3) is 0.304. The van der Waals surface area contributed by atoms with Crippen LogP contribution in [-0.4, -0.2) is 0 Å². The van der Waals surface area contributed by atoms with E-state index >= 15 is 0 Å². The summed E-state index contributed by atoms with van der Waals surface area (Å²) in [5.74, 6) is 0.